The summed E-state index contributed by atoms with van der Waals surface area (Å²) < 4.78 is 10.7. The number of aliphatic carboxylic acids is 1. The number of rotatable bonds is 26. The topological polar surface area (TPSA) is 95.9 Å². The van der Waals surface area contributed by atoms with Gasteiger partial charge in [-0.15, -0.1) is 0 Å². The van der Waals surface area contributed by atoms with E-state index < -0.39 is 18.1 Å². The Labute approximate surface area is 244 Å². The molecule has 0 aromatic rings. The number of quaternary nitrogens is 1. The molecular weight excluding hydrogens is 506 g/mol. The third-order valence-electron chi connectivity index (χ3n) is 6.46. The molecule has 0 radical (unpaired) electrons. The maximum atomic E-state index is 11.9. The molecule has 230 valence electrons. The third-order valence-corrected chi connectivity index (χ3v) is 6.46. The number of likely N-dealkylation sites (N-methyl/N-ethyl adjacent to an activating group) is 1. The van der Waals surface area contributed by atoms with Gasteiger partial charge in [-0.1, -0.05) is 87.6 Å². The Hall–Kier alpha value is -2.22. The van der Waals surface area contributed by atoms with Crippen molar-refractivity contribution >= 4 is 11.9 Å². The van der Waals surface area contributed by atoms with E-state index in [1.165, 1.54) is 25.7 Å². The number of aliphatic hydroxyl groups is 1. The summed E-state index contributed by atoms with van der Waals surface area (Å²) in [5, 5.41) is 21.2. The van der Waals surface area contributed by atoms with Crippen molar-refractivity contribution < 1.29 is 33.8 Å². The van der Waals surface area contributed by atoms with E-state index in [2.05, 4.69) is 55.5 Å². The van der Waals surface area contributed by atoms with Gasteiger partial charge in [-0.25, -0.2) is 0 Å². The number of carboxylic acids is 1. The van der Waals surface area contributed by atoms with Crippen LogP contribution in [0.5, 0.6) is 0 Å². The summed E-state index contributed by atoms with van der Waals surface area (Å²) in [7, 11) is 5.35. The summed E-state index contributed by atoms with van der Waals surface area (Å²) in [6.45, 7) is 2.21. The Morgan fingerprint density at radius 3 is 1.85 bits per heavy atom. The zero-order chi connectivity index (χ0) is 29.9. The first-order valence-electron chi connectivity index (χ1n) is 15.2. The lowest BCUT2D eigenvalue weighted by atomic mass is 10.1. The molecule has 0 bridgehead atoms. The molecule has 0 rings (SSSR count). The predicted molar refractivity (Wildman–Crippen MR) is 161 cm³/mol. The average Bonchev–Trinajstić information content (AvgIpc) is 2.89. The van der Waals surface area contributed by atoms with Crippen LogP contribution in [0.15, 0.2) is 48.6 Å². The van der Waals surface area contributed by atoms with Gasteiger partial charge in [0.25, 0.3) is 0 Å². The van der Waals surface area contributed by atoms with Crippen molar-refractivity contribution in [1.82, 2.24) is 0 Å². The van der Waals surface area contributed by atoms with Crippen molar-refractivity contribution in [2.75, 3.05) is 41.0 Å². The highest BCUT2D eigenvalue weighted by Gasteiger charge is 2.24. The number of carbonyl (C=O) groups excluding carboxylic acids is 2. The van der Waals surface area contributed by atoms with Crippen LogP contribution in [0.2, 0.25) is 0 Å². The van der Waals surface area contributed by atoms with Crippen LogP contribution < -0.4 is 5.11 Å². The Kier molecular flexibility index (Phi) is 24.3. The number of allylic oxidation sites excluding steroid dienone is 8. The molecule has 0 amide bonds. The number of unbranched alkanes of at least 4 members (excludes halogenated alkanes) is 7. The predicted octanol–water partition coefficient (Wildman–Crippen LogP) is 5.44. The molecule has 0 heterocycles. The second-order valence-corrected chi connectivity index (χ2v) is 11.2. The van der Waals surface area contributed by atoms with Crippen molar-refractivity contribution in [3.8, 4) is 0 Å². The molecule has 0 aromatic carbocycles. The highest BCUT2D eigenvalue weighted by atomic mass is 16.5. The van der Waals surface area contributed by atoms with Crippen LogP contribution in [-0.4, -0.2) is 74.6 Å². The minimum absolute atomic E-state index is 0.00747. The van der Waals surface area contributed by atoms with Crippen LogP contribution >= 0.6 is 0 Å². The highest BCUT2D eigenvalue weighted by molar-refractivity contribution is 5.69. The van der Waals surface area contributed by atoms with Gasteiger partial charge < -0.3 is 29.0 Å². The molecule has 0 saturated heterocycles. The molecule has 7 heteroatoms. The summed E-state index contributed by atoms with van der Waals surface area (Å²) >= 11 is 0. The largest absolute Gasteiger partial charge is 0.544 e. The molecule has 2 unspecified atom stereocenters. The van der Waals surface area contributed by atoms with E-state index >= 15 is 0 Å². The Balaban J connectivity index is 3.57. The van der Waals surface area contributed by atoms with Crippen LogP contribution in [0.4, 0.5) is 0 Å². The smallest absolute Gasteiger partial charge is 0.305 e. The summed E-state index contributed by atoms with van der Waals surface area (Å²) in [5.41, 5.74) is 0. The van der Waals surface area contributed by atoms with Gasteiger partial charge in [0.05, 0.1) is 40.3 Å². The lowest BCUT2D eigenvalue weighted by molar-refractivity contribution is -0.889. The highest BCUT2D eigenvalue weighted by Crippen LogP contribution is 2.11. The lowest BCUT2D eigenvalue weighted by Gasteiger charge is -2.34. The molecule has 0 aromatic heterocycles. The zero-order valence-electron chi connectivity index (χ0n) is 25.7. The van der Waals surface area contributed by atoms with Gasteiger partial charge >= 0.3 is 5.97 Å². The van der Waals surface area contributed by atoms with Crippen molar-refractivity contribution in [2.24, 2.45) is 0 Å². The van der Waals surface area contributed by atoms with Gasteiger partial charge in [0, 0.05) is 12.8 Å². The second kappa shape index (κ2) is 25.7. The minimum Gasteiger partial charge on any atom is -0.544 e. The minimum atomic E-state index is -1.12. The fourth-order valence-electron chi connectivity index (χ4n) is 4.06. The fraction of sp³-hybridized carbons (Fsp3) is 0.697. The van der Waals surface area contributed by atoms with Crippen molar-refractivity contribution in [1.29, 1.82) is 0 Å². The first-order valence-corrected chi connectivity index (χ1v) is 15.2. The van der Waals surface area contributed by atoms with Gasteiger partial charge in [0.1, 0.15) is 18.8 Å². The first kappa shape index (κ1) is 37.8. The number of hydrogen-bond donors (Lipinski definition) is 1. The van der Waals surface area contributed by atoms with Gasteiger partial charge in [-0.2, -0.15) is 0 Å². The van der Waals surface area contributed by atoms with Crippen molar-refractivity contribution in [2.45, 2.75) is 109 Å². The quantitative estimate of drug-likeness (QED) is 0.0652. The Morgan fingerprint density at radius 2 is 1.30 bits per heavy atom. The van der Waals surface area contributed by atoms with Crippen molar-refractivity contribution in [3.05, 3.63) is 48.6 Å². The van der Waals surface area contributed by atoms with Gasteiger partial charge in [-0.05, 0) is 44.9 Å². The number of hydrogen-bond acceptors (Lipinski definition) is 6. The van der Waals surface area contributed by atoms with E-state index in [9.17, 15) is 19.8 Å². The van der Waals surface area contributed by atoms with Crippen LogP contribution in [0.1, 0.15) is 96.8 Å². The lowest BCUT2D eigenvalue weighted by Crippen LogP contribution is -2.55. The van der Waals surface area contributed by atoms with E-state index in [1.54, 1.807) is 21.1 Å². The molecule has 2 atom stereocenters. The maximum Gasteiger partial charge on any atom is 0.305 e. The summed E-state index contributed by atoms with van der Waals surface area (Å²) in [5.74, 6) is -1.43. The van der Waals surface area contributed by atoms with E-state index in [4.69, 9.17) is 9.47 Å². The van der Waals surface area contributed by atoms with Crippen LogP contribution in [0.25, 0.3) is 0 Å². The molecular formula is C33H57NO6. The molecule has 0 fully saturated rings. The normalized spacial score (nSPS) is 14.1. The van der Waals surface area contributed by atoms with E-state index in [1.807, 2.05) is 0 Å². The average molecular weight is 564 g/mol. The summed E-state index contributed by atoms with van der Waals surface area (Å²) in [4.78, 5) is 23.1. The van der Waals surface area contributed by atoms with Crippen LogP contribution in [-0.2, 0) is 19.1 Å². The SMILES string of the molecule is CC/C=C/C/C=C/C/C=C/C/C=C/CCCCCCCCCC(=O)OCC(O)COCCC(C(=O)[O-])[N+](C)(C)C. The monoisotopic (exact) mass is 563 g/mol. The number of aliphatic hydroxyl groups excluding tert-OH is 1. The van der Waals surface area contributed by atoms with E-state index in [-0.39, 0.29) is 36.7 Å². The third kappa shape index (κ3) is 24.8. The molecule has 1 N–H and O–H groups in total. The number of nitrogens with zero attached hydrogens (tertiary/aromatic N) is 1. The van der Waals surface area contributed by atoms with Gasteiger partial charge in [0.2, 0.25) is 0 Å². The second-order valence-electron chi connectivity index (χ2n) is 11.2. The first-order chi connectivity index (χ1) is 19.2. The molecule has 0 aliphatic carbocycles. The van der Waals surface area contributed by atoms with E-state index in [0.717, 1.165) is 51.4 Å². The Bertz CT molecular complexity index is 751. The Morgan fingerprint density at radius 1 is 0.775 bits per heavy atom. The number of carbonyl (C=O) groups is 2. The number of esters is 1. The molecule has 0 aliphatic rings. The summed E-state index contributed by atoms with van der Waals surface area (Å²) in [6.07, 6.45) is 30.6. The number of ether oxygens (including phenoxy) is 2. The zero-order valence-corrected chi connectivity index (χ0v) is 25.7. The molecule has 0 spiro atoms. The van der Waals surface area contributed by atoms with Crippen LogP contribution in [0.3, 0.4) is 0 Å². The molecule has 7 nitrogen and oxygen atoms in total. The maximum absolute atomic E-state index is 11.9. The van der Waals surface area contributed by atoms with Crippen LogP contribution in [0, 0.1) is 0 Å². The van der Waals surface area contributed by atoms with Crippen molar-refractivity contribution in [3.63, 3.8) is 0 Å². The number of carboxylic acid groups (broad SMARTS) is 1. The van der Waals surface area contributed by atoms with Gasteiger partial charge in [-0.3, -0.25) is 4.79 Å². The summed E-state index contributed by atoms with van der Waals surface area (Å²) in [6, 6.07) is -0.689. The van der Waals surface area contributed by atoms with Gasteiger partial charge in [0.15, 0.2) is 0 Å². The fourth-order valence-corrected chi connectivity index (χ4v) is 4.06. The molecule has 0 aliphatic heterocycles. The van der Waals surface area contributed by atoms with E-state index in [0.29, 0.717) is 6.42 Å². The molecule has 40 heavy (non-hydrogen) atoms. The standard InChI is InChI=1S/C33H57NO6/c1-5-6-7-8-9-10-11-12-13-14-15-16-17-18-19-20-21-22-23-24-25-32(36)40-29-30(35)28-39-27-26-31(33(37)38)34(2,3)4/h6-7,9-10,12-13,15-16,30-31,35H,5,8,11,14,17-29H2,1-4H3/b7-6+,10-9+,13-12+,16-15+. The molecule has 0 saturated carbocycles.